The Hall–Kier alpha value is -3.19. The Bertz CT molecular complexity index is 907. The fraction of sp³-hybridized carbons (Fsp3) is 0.318. The maximum absolute atomic E-state index is 12.9. The minimum Gasteiger partial charge on any atom is -0.507 e. The van der Waals surface area contributed by atoms with Crippen molar-refractivity contribution in [3.63, 3.8) is 0 Å². The lowest BCUT2D eigenvalue weighted by Gasteiger charge is -2.25. The molecule has 1 fully saturated rings. The van der Waals surface area contributed by atoms with E-state index in [0.29, 0.717) is 29.8 Å². The van der Waals surface area contributed by atoms with Crippen molar-refractivity contribution in [2.45, 2.75) is 12.5 Å². The lowest BCUT2D eigenvalue weighted by atomic mass is 9.96. The quantitative estimate of drug-likeness (QED) is 0.441. The van der Waals surface area contributed by atoms with Crippen molar-refractivity contribution < 1.29 is 19.4 Å². The Morgan fingerprint density at radius 2 is 1.93 bits per heavy atom. The zero-order valence-corrected chi connectivity index (χ0v) is 16.8. The molecule has 1 amide bonds. The molecular formula is C22H25N3O4. The van der Waals surface area contributed by atoms with Gasteiger partial charge in [-0.25, -0.2) is 0 Å². The molecule has 1 aliphatic heterocycles. The van der Waals surface area contributed by atoms with Gasteiger partial charge >= 0.3 is 0 Å². The monoisotopic (exact) mass is 395 g/mol. The van der Waals surface area contributed by atoms with Crippen molar-refractivity contribution in [3.8, 4) is 5.75 Å². The molecule has 2 heterocycles. The van der Waals surface area contributed by atoms with Crippen LogP contribution in [0.4, 0.5) is 0 Å². The van der Waals surface area contributed by atoms with Crippen LogP contribution < -0.4 is 4.74 Å². The Morgan fingerprint density at radius 1 is 1.21 bits per heavy atom. The second-order valence-corrected chi connectivity index (χ2v) is 7.16. The van der Waals surface area contributed by atoms with Crippen LogP contribution in [0.15, 0.2) is 54.4 Å². The van der Waals surface area contributed by atoms with Crippen LogP contribution in [0.3, 0.4) is 0 Å². The second kappa shape index (κ2) is 8.87. The van der Waals surface area contributed by atoms with Crippen LogP contribution in [0.25, 0.3) is 5.76 Å². The van der Waals surface area contributed by atoms with Gasteiger partial charge in [0.05, 0.1) is 18.7 Å². The van der Waals surface area contributed by atoms with E-state index in [9.17, 15) is 14.7 Å². The Kier molecular flexibility index (Phi) is 6.29. The molecule has 0 aliphatic carbocycles. The SMILES string of the molecule is COc1ccc(C(O)=C2C(=O)C(=O)N(CCCN(C)C)[C@@H]2c2cccnc2)cc1. The van der Waals surface area contributed by atoms with Gasteiger partial charge in [-0.2, -0.15) is 0 Å². The number of Topliss-reactive ketones (excluding diaryl/α,β-unsaturated/α-hetero) is 1. The summed E-state index contributed by atoms with van der Waals surface area (Å²) in [4.78, 5) is 33.3. The molecule has 1 atom stereocenters. The van der Waals surface area contributed by atoms with Crippen molar-refractivity contribution in [3.05, 3.63) is 65.5 Å². The largest absolute Gasteiger partial charge is 0.507 e. The van der Waals surface area contributed by atoms with E-state index in [1.807, 2.05) is 25.1 Å². The molecule has 0 saturated carbocycles. The lowest BCUT2D eigenvalue weighted by molar-refractivity contribution is -0.139. The third-order valence-electron chi connectivity index (χ3n) is 4.91. The van der Waals surface area contributed by atoms with Crippen LogP contribution >= 0.6 is 0 Å². The van der Waals surface area contributed by atoms with E-state index in [2.05, 4.69) is 4.98 Å². The summed E-state index contributed by atoms with van der Waals surface area (Å²) in [6.45, 7) is 1.18. The van der Waals surface area contributed by atoms with Crippen LogP contribution in [0.2, 0.25) is 0 Å². The average molecular weight is 395 g/mol. The first-order chi connectivity index (χ1) is 13.9. The fourth-order valence-corrected chi connectivity index (χ4v) is 3.46. The maximum Gasteiger partial charge on any atom is 0.295 e. The van der Waals surface area contributed by atoms with Crippen LogP contribution in [0.1, 0.15) is 23.6 Å². The van der Waals surface area contributed by atoms with Crippen LogP contribution in [0.5, 0.6) is 5.75 Å². The zero-order chi connectivity index (χ0) is 21.0. The third-order valence-corrected chi connectivity index (χ3v) is 4.91. The van der Waals surface area contributed by atoms with Gasteiger partial charge in [0, 0.05) is 24.5 Å². The van der Waals surface area contributed by atoms with Gasteiger partial charge < -0.3 is 19.6 Å². The number of likely N-dealkylation sites (tertiary alicyclic amines) is 1. The molecule has 2 aromatic rings. The molecule has 1 saturated heterocycles. The van der Waals surface area contributed by atoms with E-state index in [1.165, 1.54) is 4.90 Å². The van der Waals surface area contributed by atoms with E-state index < -0.39 is 17.7 Å². The van der Waals surface area contributed by atoms with Crippen molar-refractivity contribution in [2.24, 2.45) is 0 Å². The first kappa shape index (κ1) is 20.5. The van der Waals surface area contributed by atoms with E-state index in [0.717, 1.165) is 6.54 Å². The Balaban J connectivity index is 2.05. The number of carbonyl (C=O) groups is 2. The molecule has 1 aliphatic rings. The van der Waals surface area contributed by atoms with Crippen molar-refractivity contribution in [1.29, 1.82) is 0 Å². The molecular weight excluding hydrogens is 370 g/mol. The highest BCUT2D eigenvalue weighted by Gasteiger charge is 2.45. The lowest BCUT2D eigenvalue weighted by Crippen LogP contribution is -2.32. The summed E-state index contributed by atoms with van der Waals surface area (Å²) in [7, 11) is 5.46. The first-order valence-electron chi connectivity index (χ1n) is 9.41. The number of amides is 1. The summed E-state index contributed by atoms with van der Waals surface area (Å²) in [5.41, 5.74) is 1.22. The smallest absolute Gasteiger partial charge is 0.295 e. The second-order valence-electron chi connectivity index (χ2n) is 7.16. The van der Waals surface area contributed by atoms with E-state index in [1.54, 1.807) is 49.8 Å². The summed E-state index contributed by atoms with van der Waals surface area (Å²) >= 11 is 0. The molecule has 7 heteroatoms. The van der Waals surface area contributed by atoms with Gasteiger partial charge in [0.25, 0.3) is 11.7 Å². The number of pyridine rings is 1. The number of rotatable bonds is 7. The van der Waals surface area contributed by atoms with Gasteiger partial charge in [-0.3, -0.25) is 14.6 Å². The van der Waals surface area contributed by atoms with Gasteiger partial charge in [-0.05, 0) is 63.0 Å². The highest BCUT2D eigenvalue weighted by atomic mass is 16.5. The number of carbonyl (C=O) groups excluding carboxylic acids is 2. The normalized spacial score (nSPS) is 18.5. The van der Waals surface area contributed by atoms with Crippen LogP contribution in [-0.4, -0.2) is 65.9 Å². The molecule has 0 bridgehead atoms. The maximum atomic E-state index is 12.9. The summed E-state index contributed by atoms with van der Waals surface area (Å²) in [5.74, 6) is -0.853. The van der Waals surface area contributed by atoms with Crippen molar-refractivity contribution in [1.82, 2.24) is 14.8 Å². The standard InChI is InChI=1S/C22H25N3O4/c1-24(2)12-5-13-25-19(16-6-4-11-23-14-16)18(21(27)22(25)28)20(26)15-7-9-17(29-3)10-8-15/h4,6-11,14,19,26H,5,12-13H2,1-3H3/t19-/m1/s1. The third kappa shape index (κ3) is 4.30. The molecule has 3 rings (SSSR count). The number of methoxy groups -OCH3 is 1. The van der Waals surface area contributed by atoms with E-state index in [-0.39, 0.29) is 11.3 Å². The number of ketones is 1. The molecule has 1 N–H and O–H groups in total. The predicted octanol–water partition coefficient (Wildman–Crippen LogP) is 2.46. The molecule has 0 spiro atoms. The first-order valence-corrected chi connectivity index (χ1v) is 9.41. The highest BCUT2D eigenvalue weighted by Crippen LogP contribution is 2.39. The Labute approximate surface area is 170 Å². The minimum absolute atomic E-state index is 0.0815. The number of hydrogen-bond acceptors (Lipinski definition) is 6. The van der Waals surface area contributed by atoms with E-state index in [4.69, 9.17) is 4.74 Å². The highest BCUT2D eigenvalue weighted by molar-refractivity contribution is 6.46. The predicted molar refractivity (Wildman–Crippen MR) is 109 cm³/mol. The summed E-state index contributed by atoms with van der Waals surface area (Å²) in [6.07, 6.45) is 3.96. The van der Waals surface area contributed by atoms with Crippen LogP contribution in [-0.2, 0) is 9.59 Å². The molecule has 29 heavy (non-hydrogen) atoms. The van der Waals surface area contributed by atoms with Gasteiger partial charge in [-0.1, -0.05) is 6.07 Å². The number of nitrogens with zero attached hydrogens (tertiary/aromatic N) is 3. The van der Waals surface area contributed by atoms with Gasteiger partial charge in [0.15, 0.2) is 0 Å². The molecule has 1 aromatic carbocycles. The topological polar surface area (TPSA) is 83.0 Å². The summed E-state index contributed by atoms with van der Waals surface area (Å²) in [6, 6.07) is 9.60. The Morgan fingerprint density at radius 3 is 2.52 bits per heavy atom. The van der Waals surface area contributed by atoms with E-state index >= 15 is 0 Å². The molecule has 152 valence electrons. The van der Waals surface area contributed by atoms with Crippen molar-refractivity contribution >= 4 is 17.4 Å². The number of ether oxygens (including phenoxy) is 1. The number of benzene rings is 1. The number of aliphatic hydroxyl groups is 1. The average Bonchev–Trinajstić information content (AvgIpc) is 2.98. The summed E-state index contributed by atoms with van der Waals surface area (Å²) < 4.78 is 5.14. The zero-order valence-electron chi connectivity index (χ0n) is 16.8. The van der Waals surface area contributed by atoms with Crippen LogP contribution in [0, 0.1) is 0 Å². The van der Waals surface area contributed by atoms with Gasteiger partial charge in [-0.15, -0.1) is 0 Å². The molecule has 0 unspecified atom stereocenters. The fourth-order valence-electron chi connectivity index (χ4n) is 3.46. The minimum atomic E-state index is -0.683. The molecule has 1 aromatic heterocycles. The number of aromatic nitrogens is 1. The van der Waals surface area contributed by atoms with Gasteiger partial charge in [0.2, 0.25) is 0 Å². The number of hydrogen-bond donors (Lipinski definition) is 1. The molecule has 7 nitrogen and oxygen atoms in total. The molecule has 0 radical (unpaired) electrons. The van der Waals surface area contributed by atoms with Gasteiger partial charge in [0.1, 0.15) is 11.5 Å². The number of aliphatic hydroxyl groups excluding tert-OH is 1. The summed E-state index contributed by atoms with van der Waals surface area (Å²) in [5, 5.41) is 10.9. The van der Waals surface area contributed by atoms with Crippen molar-refractivity contribution in [2.75, 3.05) is 34.3 Å².